The van der Waals surface area contributed by atoms with E-state index in [1.807, 2.05) is 28.3 Å². The van der Waals surface area contributed by atoms with Gasteiger partial charge in [-0.3, -0.25) is 9.36 Å². The Morgan fingerprint density at radius 3 is 3.04 bits per heavy atom. The van der Waals surface area contributed by atoms with Crippen LogP contribution in [0.4, 0.5) is 0 Å². The molecule has 4 aromatic rings. The Labute approximate surface area is 142 Å². The molecule has 23 heavy (non-hydrogen) atoms. The van der Waals surface area contributed by atoms with Crippen molar-refractivity contribution in [2.24, 2.45) is 7.05 Å². The Kier molecular flexibility index (Phi) is 3.76. The standard InChI is InChI=1S/C14H10N4O2S3/c1-18-13(19)11-9(3-5-22-11)15-14(18)23-7-10-16-12(17-20-10)8-2-4-21-6-8/h2-6H,7H2,1H3. The van der Waals surface area contributed by atoms with Crippen LogP contribution in [0.2, 0.25) is 0 Å². The fraction of sp³-hybridized carbons (Fsp3) is 0.143. The molecule has 0 saturated heterocycles. The van der Waals surface area contributed by atoms with Gasteiger partial charge in [0.25, 0.3) is 5.56 Å². The molecule has 0 N–H and O–H groups in total. The first-order valence-corrected chi connectivity index (χ1v) is 9.45. The molecule has 0 fully saturated rings. The highest BCUT2D eigenvalue weighted by molar-refractivity contribution is 7.98. The van der Waals surface area contributed by atoms with Crippen LogP contribution in [-0.2, 0) is 12.8 Å². The summed E-state index contributed by atoms with van der Waals surface area (Å²) in [5.74, 6) is 1.56. The van der Waals surface area contributed by atoms with Gasteiger partial charge >= 0.3 is 0 Å². The van der Waals surface area contributed by atoms with Crippen molar-refractivity contribution in [1.29, 1.82) is 0 Å². The molecule has 4 aromatic heterocycles. The number of hydrogen-bond donors (Lipinski definition) is 0. The molecule has 0 spiro atoms. The third-order valence-corrected chi connectivity index (χ3v) is 5.81. The van der Waals surface area contributed by atoms with Crippen molar-refractivity contribution in [3.63, 3.8) is 0 Å². The zero-order valence-electron chi connectivity index (χ0n) is 11.9. The molecule has 0 atom stereocenters. The highest BCUT2D eigenvalue weighted by Crippen LogP contribution is 2.24. The van der Waals surface area contributed by atoms with Crippen LogP contribution in [0, 0.1) is 0 Å². The molecule has 0 radical (unpaired) electrons. The van der Waals surface area contributed by atoms with E-state index in [1.165, 1.54) is 23.1 Å². The Hall–Kier alpha value is -1.97. The SMILES string of the molecule is Cn1c(SCc2nc(-c3ccsc3)no2)nc2ccsc2c1=O. The van der Waals surface area contributed by atoms with Crippen molar-refractivity contribution in [2.45, 2.75) is 10.9 Å². The van der Waals surface area contributed by atoms with Gasteiger partial charge < -0.3 is 4.52 Å². The van der Waals surface area contributed by atoms with E-state index < -0.39 is 0 Å². The largest absolute Gasteiger partial charge is 0.338 e. The van der Waals surface area contributed by atoms with Crippen LogP contribution in [0.1, 0.15) is 5.89 Å². The molecular formula is C14H10N4O2S3. The molecule has 0 unspecified atom stereocenters. The summed E-state index contributed by atoms with van der Waals surface area (Å²) in [4.78, 5) is 21.1. The van der Waals surface area contributed by atoms with Crippen molar-refractivity contribution < 1.29 is 4.52 Å². The second kappa shape index (κ2) is 5.91. The van der Waals surface area contributed by atoms with Gasteiger partial charge in [0, 0.05) is 18.0 Å². The van der Waals surface area contributed by atoms with E-state index in [0.717, 1.165) is 11.1 Å². The summed E-state index contributed by atoms with van der Waals surface area (Å²) < 4.78 is 7.49. The van der Waals surface area contributed by atoms with Gasteiger partial charge in [-0.05, 0) is 22.9 Å². The third kappa shape index (κ3) is 2.71. The fourth-order valence-corrected chi connectivity index (χ4v) is 4.29. The predicted molar refractivity (Wildman–Crippen MR) is 92.0 cm³/mol. The average molecular weight is 362 g/mol. The maximum Gasteiger partial charge on any atom is 0.271 e. The van der Waals surface area contributed by atoms with Crippen molar-refractivity contribution in [3.8, 4) is 11.4 Å². The Morgan fingerprint density at radius 2 is 2.22 bits per heavy atom. The van der Waals surface area contributed by atoms with E-state index in [4.69, 9.17) is 4.52 Å². The minimum atomic E-state index is -0.0306. The van der Waals surface area contributed by atoms with Gasteiger partial charge in [-0.1, -0.05) is 16.9 Å². The molecule has 4 rings (SSSR count). The molecular weight excluding hydrogens is 352 g/mol. The number of thioether (sulfide) groups is 1. The summed E-state index contributed by atoms with van der Waals surface area (Å²) in [6.07, 6.45) is 0. The molecule has 9 heteroatoms. The van der Waals surface area contributed by atoms with Gasteiger partial charge in [0.2, 0.25) is 11.7 Å². The summed E-state index contributed by atoms with van der Waals surface area (Å²) >= 11 is 4.40. The normalized spacial score (nSPS) is 11.3. The first-order valence-electron chi connectivity index (χ1n) is 6.64. The molecule has 4 heterocycles. The Balaban J connectivity index is 1.57. The third-order valence-electron chi connectivity index (χ3n) is 3.22. The van der Waals surface area contributed by atoms with Crippen LogP contribution >= 0.6 is 34.4 Å². The van der Waals surface area contributed by atoms with Gasteiger partial charge in [-0.2, -0.15) is 16.3 Å². The fourth-order valence-electron chi connectivity index (χ4n) is 2.05. The Bertz CT molecular complexity index is 1020. The highest BCUT2D eigenvalue weighted by Gasteiger charge is 2.13. The van der Waals surface area contributed by atoms with Crippen LogP contribution in [-0.4, -0.2) is 19.7 Å². The number of fused-ring (bicyclic) bond motifs is 1. The van der Waals surface area contributed by atoms with Crippen molar-refractivity contribution in [1.82, 2.24) is 19.7 Å². The van der Waals surface area contributed by atoms with Crippen LogP contribution in [0.3, 0.4) is 0 Å². The lowest BCUT2D eigenvalue weighted by atomic mass is 10.3. The number of rotatable bonds is 4. The van der Waals surface area contributed by atoms with Crippen LogP contribution in [0.15, 0.2) is 42.7 Å². The zero-order chi connectivity index (χ0) is 15.8. The summed E-state index contributed by atoms with van der Waals surface area (Å²) in [7, 11) is 1.72. The zero-order valence-corrected chi connectivity index (χ0v) is 14.4. The monoisotopic (exact) mass is 362 g/mol. The van der Waals surface area contributed by atoms with E-state index in [1.54, 1.807) is 23.0 Å². The second-order valence-electron chi connectivity index (χ2n) is 4.71. The summed E-state index contributed by atoms with van der Waals surface area (Å²) in [5, 5.41) is 10.4. The molecule has 0 bridgehead atoms. The minimum Gasteiger partial charge on any atom is -0.338 e. The number of aromatic nitrogens is 4. The van der Waals surface area contributed by atoms with Crippen LogP contribution < -0.4 is 5.56 Å². The first-order chi connectivity index (χ1) is 11.2. The highest BCUT2D eigenvalue weighted by atomic mass is 32.2. The molecule has 0 aliphatic carbocycles. The Morgan fingerprint density at radius 1 is 1.30 bits per heavy atom. The van der Waals surface area contributed by atoms with Crippen LogP contribution in [0.25, 0.3) is 21.6 Å². The lowest BCUT2D eigenvalue weighted by Gasteiger charge is -2.05. The van der Waals surface area contributed by atoms with E-state index >= 15 is 0 Å². The molecule has 0 amide bonds. The number of hydrogen-bond acceptors (Lipinski definition) is 8. The van der Waals surface area contributed by atoms with E-state index in [2.05, 4.69) is 15.1 Å². The van der Waals surface area contributed by atoms with E-state index in [-0.39, 0.29) is 5.56 Å². The topological polar surface area (TPSA) is 73.8 Å². The molecule has 0 aliphatic heterocycles. The molecule has 6 nitrogen and oxygen atoms in total. The lowest BCUT2D eigenvalue weighted by molar-refractivity contribution is 0.391. The number of nitrogens with zero attached hydrogens (tertiary/aromatic N) is 4. The maximum atomic E-state index is 12.3. The van der Waals surface area contributed by atoms with E-state index in [0.29, 0.717) is 27.3 Å². The van der Waals surface area contributed by atoms with Crippen molar-refractivity contribution in [3.05, 3.63) is 44.5 Å². The van der Waals surface area contributed by atoms with Gasteiger partial charge in [-0.25, -0.2) is 4.98 Å². The quantitative estimate of drug-likeness (QED) is 0.409. The lowest BCUT2D eigenvalue weighted by Crippen LogP contribution is -2.18. The first kappa shape index (κ1) is 14.6. The second-order valence-corrected chi connectivity index (χ2v) is 7.34. The smallest absolute Gasteiger partial charge is 0.271 e. The summed E-state index contributed by atoms with van der Waals surface area (Å²) in [5.41, 5.74) is 1.64. The van der Waals surface area contributed by atoms with Crippen molar-refractivity contribution in [2.75, 3.05) is 0 Å². The molecule has 116 valence electrons. The molecule has 0 saturated carbocycles. The average Bonchev–Trinajstić information content (AvgIpc) is 3.29. The molecule has 0 aliphatic rings. The van der Waals surface area contributed by atoms with Crippen LogP contribution in [0.5, 0.6) is 0 Å². The van der Waals surface area contributed by atoms with Crippen molar-refractivity contribution >= 4 is 44.7 Å². The minimum absolute atomic E-state index is 0.0306. The van der Waals surface area contributed by atoms with Gasteiger partial charge in [0.15, 0.2) is 5.16 Å². The predicted octanol–water partition coefficient (Wildman–Crippen LogP) is 3.40. The number of thiophene rings is 2. The van der Waals surface area contributed by atoms with Gasteiger partial charge in [0.1, 0.15) is 4.70 Å². The maximum absolute atomic E-state index is 12.3. The van der Waals surface area contributed by atoms with Gasteiger partial charge in [0.05, 0.1) is 11.3 Å². The summed E-state index contributed by atoms with van der Waals surface area (Å²) in [6.45, 7) is 0. The van der Waals surface area contributed by atoms with Gasteiger partial charge in [-0.15, -0.1) is 11.3 Å². The van der Waals surface area contributed by atoms with E-state index in [9.17, 15) is 4.79 Å². The molecule has 0 aromatic carbocycles. The summed E-state index contributed by atoms with van der Waals surface area (Å²) in [6, 6.07) is 3.80.